The van der Waals surface area contributed by atoms with Crippen LogP contribution in [0.15, 0.2) is 60.6 Å². The van der Waals surface area contributed by atoms with Gasteiger partial charge in [-0.2, -0.15) is 5.26 Å². The zero-order valence-electron chi connectivity index (χ0n) is 18.5. The van der Waals surface area contributed by atoms with Gasteiger partial charge >= 0.3 is 12.0 Å². The molecule has 1 aliphatic heterocycles. The van der Waals surface area contributed by atoms with Gasteiger partial charge in [0.15, 0.2) is 0 Å². The van der Waals surface area contributed by atoms with Crippen molar-refractivity contribution >= 4 is 17.8 Å². The zero-order valence-corrected chi connectivity index (χ0v) is 18.5. The Labute approximate surface area is 192 Å². The third-order valence-electron chi connectivity index (χ3n) is 5.39. The molecular formula is C25H24N6O2. The van der Waals surface area contributed by atoms with Crippen molar-refractivity contribution < 1.29 is 9.53 Å². The van der Waals surface area contributed by atoms with Crippen LogP contribution in [-0.4, -0.2) is 39.0 Å². The van der Waals surface area contributed by atoms with Gasteiger partial charge in [-0.05, 0) is 54.7 Å². The molecule has 1 N–H and O–H groups in total. The Balaban J connectivity index is 1.38. The van der Waals surface area contributed by atoms with Crippen molar-refractivity contribution in [3.63, 3.8) is 0 Å². The number of piperidine rings is 1. The van der Waals surface area contributed by atoms with Crippen molar-refractivity contribution in [3.05, 3.63) is 77.4 Å². The van der Waals surface area contributed by atoms with Crippen LogP contribution in [0.3, 0.4) is 0 Å². The van der Waals surface area contributed by atoms with E-state index in [4.69, 9.17) is 10.00 Å². The van der Waals surface area contributed by atoms with Gasteiger partial charge < -0.3 is 15.0 Å². The number of nitriles is 1. The van der Waals surface area contributed by atoms with Gasteiger partial charge in [-0.1, -0.05) is 30.7 Å². The molecule has 0 bridgehead atoms. The van der Waals surface area contributed by atoms with Crippen LogP contribution in [-0.2, 0) is 0 Å². The van der Waals surface area contributed by atoms with Crippen molar-refractivity contribution in [1.82, 2.24) is 19.9 Å². The number of pyridine rings is 1. The molecule has 8 heteroatoms. The number of benzene rings is 1. The van der Waals surface area contributed by atoms with Crippen LogP contribution < -0.4 is 10.1 Å². The zero-order chi connectivity index (χ0) is 23.2. The van der Waals surface area contributed by atoms with Gasteiger partial charge in [0.1, 0.15) is 17.5 Å². The van der Waals surface area contributed by atoms with E-state index >= 15 is 0 Å². The van der Waals surface area contributed by atoms with E-state index in [-0.39, 0.29) is 11.9 Å². The lowest BCUT2D eigenvalue weighted by Gasteiger charge is -2.33. The van der Waals surface area contributed by atoms with Crippen LogP contribution in [0.5, 0.6) is 11.8 Å². The Bertz CT molecular complexity index is 1200. The van der Waals surface area contributed by atoms with Gasteiger partial charge in [-0.15, -0.1) is 0 Å². The smallest absolute Gasteiger partial charge is 0.321 e. The van der Waals surface area contributed by atoms with E-state index in [1.807, 2.05) is 37.3 Å². The highest BCUT2D eigenvalue weighted by molar-refractivity contribution is 5.89. The minimum absolute atomic E-state index is 0.166. The molecule has 166 valence electrons. The van der Waals surface area contributed by atoms with Gasteiger partial charge in [0.25, 0.3) is 0 Å². The van der Waals surface area contributed by atoms with Crippen molar-refractivity contribution in [2.45, 2.75) is 20.3 Å². The number of nitrogens with one attached hydrogen (secondary N) is 1. The number of amides is 2. The van der Waals surface area contributed by atoms with E-state index < -0.39 is 0 Å². The van der Waals surface area contributed by atoms with Gasteiger partial charge in [-0.25, -0.2) is 19.7 Å². The van der Waals surface area contributed by atoms with E-state index in [2.05, 4.69) is 33.3 Å². The summed E-state index contributed by atoms with van der Waals surface area (Å²) in [7, 11) is 0. The first-order chi connectivity index (χ1) is 16.0. The molecule has 0 radical (unpaired) electrons. The molecule has 2 aromatic heterocycles. The molecule has 1 fully saturated rings. The van der Waals surface area contributed by atoms with E-state index in [1.54, 1.807) is 29.4 Å². The monoisotopic (exact) mass is 440 g/mol. The number of anilines is 1. The summed E-state index contributed by atoms with van der Waals surface area (Å²) < 4.78 is 5.77. The molecule has 2 amide bonds. The number of aromatic nitrogens is 3. The lowest BCUT2D eigenvalue weighted by atomic mass is 9.91. The Morgan fingerprint density at radius 2 is 2.03 bits per heavy atom. The molecule has 1 aromatic carbocycles. The second kappa shape index (κ2) is 9.92. The predicted molar refractivity (Wildman–Crippen MR) is 125 cm³/mol. The summed E-state index contributed by atoms with van der Waals surface area (Å²) in [5, 5.41) is 11.7. The molecule has 4 rings (SSSR count). The molecule has 3 aromatic rings. The standard InChI is InChI=1S/C25H24N6O2/c1-17-13-28-24(29-14-17)33-23-5-3-4-19(11-23)10-20-8-9-31(16-18(20)2)25(32)30-22-7-6-21(12-26)27-15-22/h3-7,10-11,13-15,18H,8-9,16H2,1-2H3,(H,30,32). The Morgan fingerprint density at radius 1 is 1.21 bits per heavy atom. The highest BCUT2D eigenvalue weighted by Crippen LogP contribution is 2.27. The number of likely N-dealkylation sites (tertiary alicyclic amines) is 1. The highest BCUT2D eigenvalue weighted by Gasteiger charge is 2.24. The minimum atomic E-state index is -0.166. The minimum Gasteiger partial charge on any atom is -0.424 e. The summed E-state index contributed by atoms with van der Waals surface area (Å²) in [5.74, 6) is 0.891. The van der Waals surface area contributed by atoms with Crippen molar-refractivity contribution in [3.8, 4) is 17.8 Å². The quantitative estimate of drug-likeness (QED) is 0.625. The van der Waals surface area contributed by atoms with E-state index in [0.717, 1.165) is 17.5 Å². The summed E-state index contributed by atoms with van der Waals surface area (Å²) in [6.07, 6.45) is 7.88. The normalized spacial score (nSPS) is 16.8. The summed E-state index contributed by atoms with van der Waals surface area (Å²) in [4.78, 5) is 26.8. The molecule has 8 nitrogen and oxygen atoms in total. The molecule has 1 aliphatic rings. The fourth-order valence-corrected chi connectivity index (χ4v) is 3.61. The molecule has 0 spiro atoms. The maximum Gasteiger partial charge on any atom is 0.321 e. The summed E-state index contributed by atoms with van der Waals surface area (Å²) in [6, 6.07) is 13.2. The first-order valence-electron chi connectivity index (χ1n) is 10.7. The molecule has 1 unspecified atom stereocenters. The topological polar surface area (TPSA) is 104 Å². The first-order valence-corrected chi connectivity index (χ1v) is 10.7. The summed E-state index contributed by atoms with van der Waals surface area (Å²) in [5.41, 5.74) is 4.17. The van der Waals surface area contributed by atoms with Crippen LogP contribution in [0.2, 0.25) is 0 Å². The van der Waals surface area contributed by atoms with Gasteiger partial charge in [-0.3, -0.25) is 0 Å². The molecule has 33 heavy (non-hydrogen) atoms. The first kappa shape index (κ1) is 22.0. The second-order valence-electron chi connectivity index (χ2n) is 8.01. The summed E-state index contributed by atoms with van der Waals surface area (Å²) >= 11 is 0. The molecule has 1 atom stereocenters. The lowest BCUT2D eigenvalue weighted by Crippen LogP contribution is -2.42. The fourth-order valence-electron chi connectivity index (χ4n) is 3.61. The number of urea groups is 1. The number of carbonyl (C=O) groups is 1. The number of hydrogen-bond acceptors (Lipinski definition) is 6. The van der Waals surface area contributed by atoms with E-state index in [9.17, 15) is 4.79 Å². The van der Waals surface area contributed by atoms with E-state index in [1.165, 1.54) is 11.8 Å². The fraction of sp³-hybridized carbons (Fsp3) is 0.240. The van der Waals surface area contributed by atoms with Crippen molar-refractivity contribution in [2.24, 2.45) is 5.92 Å². The lowest BCUT2D eigenvalue weighted by molar-refractivity contribution is 0.198. The van der Waals surface area contributed by atoms with Gasteiger partial charge in [0, 0.05) is 25.5 Å². The number of hydrogen-bond donors (Lipinski definition) is 1. The molecule has 0 saturated carbocycles. The molecule has 3 heterocycles. The number of aryl methyl sites for hydroxylation is 1. The number of rotatable bonds is 4. The Morgan fingerprint density at radius 3 is 2.73 bits per heavy atom. The highest BCUT2D eigenvalue weighted by atomic mass is 16.5. The molecule has 0 aliphatic carbocycles. The van der Waals surface area contributed by atoms with Gasteiger partial charge in [0.2, 0.25) is 0 Å². The molecule has 1 saturated heterocycles. The third-order valence-corrected chi connectivity index (χ3v) is 5.39. The predicted octanol–water partition coefficient (Wildman–Crippen LogP) is 4.80. The number of nitrogens with zero attached hydrogens (tertiary/aromatic N) is 5. The van der Waals surface area contributed by atoms with Crippen LogP contribution >= 0.6 is 0 Å². The maximum absolute atomic E-state index is 12.6. The van der Waals surface area contributed by atoms with Crippen LogP contribution in [0.25, 0.3) is 6.08 Å². The number of carbonyl (C=O) groups excluding carboxylic acids is 1. The average Bonchev–Trinajstić information content (AvgIpc) is 2.82. The molecular weight excluding hydrogens is 416 g/mol. The largest absolute Gasteiger partial charge is 0.424 e. The van der Waals surface area contributed by atoms with Crippen molar-refractivity contribution in [1.29, 1.82) is 5.26 Å². The van der Waals surface area contributed by atoms with Crippen molar-refractivity contribution in [2.75, 3.05) is 18.4 Å². The van der Waals surface area contributed by atoms with Gasteiger partial charge in [0.05, 0.1) is 11.9 Å². The van der Waals surface area contributed by atoms with Crippen LogP contribution in [0.1, 0.15) is 30.2 Å². The number of ether oxygens (including phenoxy) is 1. The third kappa shape index (κ3) is 5.71. The average molecular weight is 441 g/mol. The van der Waals surface area contributed by atoms with E-state index in [0.29, 0.717) is 36.2 Å². The van der Waals surface area contributed by atoms with Crippen LogP contribution in [0, 0.1) is 24.2 Å². The Hall–Kier alpha value is -4.25. The second-order valence-corrected chi connectivity index (χ2v) is 8.01. The maximum atomic E-state index is 12.6. The Kier molecular flexibility index (Phi) is 6.60. The van der Waals surface area contributed by atoms with Crippen LogP contribution in [0.4, 0.5) is 10.5 Å². The summed E-state index contributed by atoms with van der Waals surface area (Å²) in [6.45, 7) is 5.29. The SMILES string of the molecule is Cc1cnc(Oc2cccc(C=C3CCN(C(=O)Nc4ccc(C#N)nc4)CC3C)c2)nc1.